The van der Waals surface area contributed by atoms with Crippen LogP contribution in [0.5, 0.6) is 0 Å². The summed E-state index contributed by atoms with van der Waals surface area (Å²) in [7, 11) is 0. The highest BCUT2D eigenvalue weighted by atomic mass is 16.7. The van der Waals surface area contributed by atoms with Gasteiger partial charge in [0.2, 0.25) is 0 Å². The van der Waals surface area contributed by atoms with Crippen LogP contribution in [-0.4, -0.2) is 23.5 Å². The van der Waals surface area contributed by atoms with Crippen LogP contribution >= 0.6 is 0 Å². The Hall–Kier alpha value is -1.68. The number of amides is 2. The molecule has 4 nitrogen and oxygen atoms in total. The van der Waals surface area contributed by atoms with Crippen molar-refractivity contribution >= 4 is 11.8 Å². The summed E-state index contributed by atoms with van der Waals surface area (Å²) in [5.74, 6) is -0.728. The molecule has 84 valence electrons. The van der Waals surface area contributed by atoms with Crippen molar-refractivity contribution in [1.82, 2.24) is 5.06 Å². The van der Waals surface area contributed by atoms with Crippen LogP contribution in [-0.2, 0) is 4.84 Å². The van der Waals surface area contributed by atoms with Crippen molar-refractivity contribution in [3.8, 4) is 0 Å². The molecule has 0 N–H and O–H groups in total. The zero-order valence-electron chi connectivity index (χ0n) is 9.10. The smallest absolute Gasteiger partial charge is 0.266 e. The van der Waals surface area contributed by atoms with Crippen molar-refractivity contribution in [3.05, 3.63) is 35.4 Å². The van der Waals surface area contributed by atoms with Crippen LogP contribution in [0.4, 0.5) is 0 Å². The minimum absolute atomic E-state index is 0.364. The molecule has 1 aliphatic heterocycles. The van der Waals surface area contributed by atoms with Crippen molar-refractivity contribution in [2.24, 2.45) is 0 Å². The molecule has 2 amide bonds. The first kappa shape index (κ1) is 10.8. The third-order valence-electron chi connectivity index (χ3n) is 2.48. The van der Waals surface area contributed by atoms with Crippen molar-refractivity contribution in [3.63, 3.8) is 0 Å². The fourth-order valence-electron chi connectivity index (χ4n) is 1.58. The Balaban J connectivity index is 2.15. The van der Waals surface area contributed by atoms with E-state index in [1.165, 1.54) is 0 Å². The van der Waals surface area contributed by atoms with Gasteiger partial charge in [0.15, 0.2) is 0 Å². The number of hydrogen-bond donors (Lipinski definition) is 0. The maximum atomic E-state index is 11.8. The van der Waals surface area contributed by atoms with E-state index < -0.39 is 0 Å². The van der Waals surface area contributed by atoms with Crippen molar-refractivity contribution < 1.29 is 14.4 Å². The molecule has 0 bridgehead atoms. The molecule has 1 heterocycles. The van der Waals surface area contributed by atoms with Crippen LogP contribution in [0.25, 0.3) is 0 Å². The Bertz CT molecular complexity index is 393. The predicted molar refractivity (Wildman–Crippen MR) is 57.8 cm³/mol. The molecular weight excluding hydrogens is 206 g/mol. The molecule has 0 aromatic heterocycles. The number of fused-ring (bicyclic) bond motifs is 1. The number of benzene rings is 1. The lowest BCUT2D eigenvalue weighted by atomic mass is 10.1. The monoisotopic (exact) mass is 219 g/mol. The van der Waals surface area contributed by atoms with Gasteiger partial charge < -0.3 is 0 Å². The first-order valence-electron chi connectivity index (χ1n) is 5.36. The van der Waals surface area contributed by atoms with E-state index in [9.17, 15) is 9.59 Å². The van der Waals surface area contributed by atoms with E-state index in [-0.39, 0.29) is 11.8 Å². The van der Waals surface area contributed by atoms with Crippen LogP contribution in [0.1, 0.15) is 40.5 Å². The molecule has 0 saturated heterocycles. The van der Waals surface area contributed by atoms with Crippen LogP contribution in [0.2, 0.25) is 0 Å². The highest BCUT2D eigenvalue weighted by molar-refractivity contribution is 6.20. The number of carbonyl (C=O) groups excluding carboxylic acids is 2. The average molecular weight is 219 g/mol. The fourth-order valence-corrected chi connectivity index (χ4v) is 1.58. The van der Waals surface area contributed by atoms with Gasteiger partial charge in [-0.05, 0) is 18.6 Å². The van der Waals surface area contributed by atoms with Gasteiger partial charge in [0.1, 0.15) is 0 Å². The Kier molecular flexibility index (Phi) is 3.01. The van der Waals surface area contributed by atoms with Gasteiger partial charge in [-0.3, -0.25) is 14.4 Å². The average Bonchev–Trinajstić information content (AvgIpc) is 2.55. The number of carbonyl (C=O) groups is 2. The van der Waals surface area contributed by atoms with Crippen LogP contribution in [0.3, 0.4) is 0 Å². The molecule has 1 aliphatic rings. The lowest BCUT2D eigenvalue weighted by Crippen LogP contribution is -2.30. The summed E-state index contributed by atoms with van der Waals surface area (Å²) in [5, 5.41) is 0.861. The number of hydroxylamine groups is 2. The van der Waals surface area contributed by atoms with E-state index in [1.54, 1.807) is 24.3 Å². The minimum Gasteiger partial charge on any atom is -0.266 e. The molecule has 0 saturated carbocycles. The molecule has 1 aromatic rings. The van der Waals surface area contributed by atoms with Gasteiger partial charge in [0, 0.05) is 0 Å². The highest BCUT2D eigenvalue weighted by Crippen LogP contribution is 2.22. The second kappa shape index (κ2) is 4.45. The minimum atomic E-state index is -0.364. The standard InChI is InChI=1S/C12H13NO3/c1-2-3-8-16-13-11(14)9-6-4-5-7-10(9)12(13)15/h4-7H,2-3,8H2,1H3. The quantitative estimate of drug-likeness (QED) is 0.575. The van der Waals surface area contributed by atoms with Crippen molar-refractivity contribution in [2.75, 3.05) is 6.61 Å². The first-order valence-corrected chi connectivity index (χ1v) is 5.36. The third kappa shape index (κ3) is 1.72. The van der Waals surface area contributed by atoms with E-state index in [0.717, 1.165) is 17.9 Å². The largest absolute Gasteiger partial charge is 0.285 e. The zero-order chi connectivity index (χ0) is 11.5. The predicted octanol–water partition coefficient (Wildman–Crippen LogP) is 2.01. The highest BCUT2D eigenvalue weighted by Gasteiger charge is 2.36. The maximum Gasteiger partial charge on any atom is 0.285 e. The number of nitrogens with zero attached hydrogens (tertiary/aromatic N) is 1. The van der Waals surface area contributed by atoms with Gasteiger partial charge in [-0.1, -0.05) is 25.5 Å². The Morgan fingerprint density at radius 2 is 1.69 bits per heavy atom. The fraction of sp³-hybridized carbons (Fsp3) is 0.333. The molecule has 0 atom stereocenters. The summed E-state index contributed by atoms with van der Waals surface area (Å²) in [6, 6.07) is 6.75. The van der Waals surface area contributed by atoms with Crippen LogP contribution < -0.4 is 0 Å². The van der Waals surface area contributed by atoms with Gasteiger partial charge in [-0.15, -0.1) is 5.06 Å². The van der Waals surface area contributed by atoms with Gasteiger partial charge in [-0.25, -0.2) is 0 Å². The van der Waals surface area contributed by atoms with Crippen molar-refractivity contribution in [1.29, 1.82) is 0 Å². The number of rotatable bonds is 4. The normalized spacial score (nSPS) is 14.4. The number of imide groups is 1. The second-order valence-electron chi connectivity index (χ2n) is 3.64. The summed E-state index contributed by atoms with van der Waals surface area (Å²) in [6.07, 6.45) is 1.79. The van der Waals surface area contributed by atoms with E-state index >= 15 is 0 Å². The molecule has 0 radical (unpaired) electrons. The van der Waals surface area contributed by atoms with E-state index in [0.29, 0.717) is 17.7 Å². The molecule has 16 heavy (non-hydrogen) atoms. The molecule has 1 aromatic carbocycles. The van der Waals surface area contributed by atoms with Gasteiger partial charge in [-0.2, -0.15) is 0 Å². The number of hydrogen-bond acceptors (Lipinski definition) is 3. The third-order valence-corrected chi connectivity index (χ3v) is 2.48. The van der Waals surface area contributed by atoms with Crippen LogP contribution in [0, 0.1) is 0 Å². The molecule has 0 unspecified atom stereocenters. The zero-order valence-corrected chi connectivity index (χ0v) is 9.10. The SMILES string of the molecule is CCCCON1C(=O)c2ccccc2C1=O. The number of unbranched alkanes of at least 4 members (excludes halogenated alkanes) is 1. The first-order chi connectivity index (χ1) is 7.75. The summed E-state index contributed by atoms with van der Waals surface area (Å²) in [4.78, 5) is 28.7. The Morgan fingerprint density at radius 3 is 2.19 bits per heavy atom. The maximum absolute atomic E-state index is 11.8. The lowest BCUT2D eigenvalue weighted by molar-refractivity contribution is -0.0920. The molecule has 0 fully saturated rings. The van der Waals surface area contributed by atoms with Crippen LogP contribution in [0.15, 0.2) is 24.3 Å². The van der Waals surface area contributed by atoms with E-state index in [1.807, 2.05) is 6.92 Å². The summed E-state index contributed by atoms with van der Waals surface area (Å²) >= 11 is 0. The van der Waals surface area contributed by atoms with E-state index in [2.05, 4.69) is 0 Å². The summed E-state index contributed by atoms with van der Waals surface area (Å²) < 4.78 is 0. The van der Waals surface area contributed by atoms with Gasteiger partial charge in [0.05, 0.1) is 17.7 Å². The molecular formula is C12H13NO3. The van der Waals surface area contributed by atoms with Gasteiger partial charge >= 0.3 is 0 Å². The molecule has 0 aliphatic carbocycles. The summed E-state index contributed by atoms with van der Waals surface area (Å²) in [5.41, 5.74) is 0.841. The topological polar surface area (TPSA) is 46.6 Å². The van der Waals surface area contributed by atoms with Crippen molar-refractivity contribution in [2.45, 2.75) is 19.8 Å². The summed E-state index contributed by atoms with van der Waals surface area (Å²) in [6.45, 7) is 2.41. The van der Waals surface area contributed by atoms with E-state index in [4.69, 9.17) is 4.84 Å². The lowest BCUT2D eigenvalue weighted by Gasteiger charge is -2.12. The van der Waals surface area contributed by atoms with Gasteiger partial charge in [0.25, 0.3) is 11.8 Å². The molecule has 2 rings (SSSR count). The Labute approximate surface area is 93.8 Å². The second-order valence-corrected chi connectivity index (χ2v) is 3.64. The Morgan fingerprint density at radius 1 is 1.12 bits per heavy atom. The molecule has 4 heteroatoms. The molecule has 0 spiro atoms.